The summed E-state index contributed by atoms with van der Waals surface area (Å²) < 4.78 is 2.30. The largest absolute Gasteiger partial charge is 0.348 e. The zero-order valence-corrected chi connectivity index (χ0v) is 10.2. The molecule has 16 heavy (non-hydrogen) atoms. The monoisotopic (exact) mass is 216 g/mol. The number of nitrogens with zero attached hydrogens (tertiary/aromatic N) is 1. The van der Waals surface area contributed by atoms with Crippen molar-refractivity contribution in [2.24, 2.45) is 12.8 Å². The first-order valence-electron chi connectivity index (χ1n) is 5.97. The molecule has 1 aromatic carbocycles. The van der Waals surface area contributed by atoms with Gasteiger partial charge in [-0.15, -0.1) is 0 Å². The van der Waals surface area contributed by atoms with E-state index in [4.69, 9.17) is 5.73 Å². The molecule has 0 aliphatic rings. The fourth-order valence-corrected chi connectivity index (χ4v) is 2.22. The molecule has 0 fully saturated rings. The average molecular weight is 216 g/mol. The van der Waals surface area contributed by atoms with Crippen molar-refractivity contribution >= 4 is 10.9 Å². The molecular weight excluding hydrogens is 196 g/mol. The van der Waals surface area contributed by atoms with E-state index in [0.29, 0.717) is 0 Å². The van der Waals surface area contributed by atoms with Crippen LogP contribution in [0.5, 0.6) is 0 Å². The van der Waals surface area contributed by atoms with Crippen LogP contribution in [0.2, 0.25) is 0 Å². The van der Waals surface area contributed by atoms with E-state index in [-0.39, 0.29) is 0 Å². The quantitative estimate of drug-likeness (QED) is 0.783. The summed E-state index contributed by atoms with van der Waals surface area (Å²) in [7, 11) is 2.15. The molecular formula is C14H20N2. The molecule has 0 aliphatic heterocycles. The first kappa shape index (κ1) is 11.2. The van der Waals surface area contributed by atoms with Crippen molar-refractivity contribution in [3.63, 3.8) is 0 Å². The summed E-state index contributed by atoms with van der Waals surface area (Å²) in [5, 5.41) is 1.35. The van der Waals surface area contributed by atoms with Gasteiger partial charge in [0.15, 0.2) is 0 Å². The Bertz CT molecular complexity index is 483. The predicted molar refractivity (Wildman–Crippen MR) is 69.6 cm³/mol. The molecule has 0 atom stereocenters. The molecule has 0 saturated heterocycles. The van der Waals surface area contributed by atoms with Crippen molar-refractivity contribution in [2.45, 2.75) is 26.2 Å². The number of rotatable bonds is 4. The SMILES string of the molecule is Cc1ccc2c(c1)cc(CCCCN)n2C. The smallest absolute Gasteiger partial charge is 0.0480 e. The van der Waals surface area contributed by atoms with Gasteiger partial charge in [-0.25, -0.2) is 0 Å². The number of unbranched alkanes of at least 4 members (excludes halogenated alkanes) is 1. The first-order chi connectivity index (χ1) is 7.72. The van der Waals surface area contributed by atoms with Crippen LogP contribution in [0.15, 0.2) is 24.3 Å². The van der Waals surface area contributed by atoms with E-state index in [9.17, 15) is 0 Å². The Hall–Kier alpha value is -1.28. The van der Waals surface area contributed by atoms with E-state index >= 15 is 0 Å². The number of benzene rings is 1. The Balaban J connectivity index is 2.29. The second-order valence-electron chi connectivity index (χ2n) is 4.50. The van der Waals surface area contributed by atoms with Gasteiger partial charge in [-0.05, 0) is 50.9 Å². The van der Waals surface area contributed by atoms with Gasteiger partial charge in [-0.3, -0.25) is 0 Å². The van der Waals surface area contributed by atoms with Crippen LogP contribution in [0, 0.1) is 6.92 Å². The third kappa shape index (κ3) is 2.12. The van der Waals surface area contributed by atoms with Crippen LogP contribution in [0.4, 0.5) is 0 Å². The molecule has 0 spiro atoms. The second-order valence-corrected chi connectivity index (χ2v) is 4.50. The van der Waals surface area contributed by atoms with Crippen LogP contribution in [-0.4, -0.2) is 11.1 Å². The Morgan fingerprint density at radius 1 is 1.19 bits per heavy atom. The molecule has 1 aromatic heterocycles. The minimum Gasteiger partial charge on any atom is -0.348 e. The van der Waals surface area contributed by atoms with Crippen LogP contribution >= 0.6 is 0 Å². The van der Waals surface area contributed by atoms with E-state index < -0.39 is 0 Å². The normalized spacial score (nSPS) is 11.2. The second kappa shape index (κ2) is 4.71. The van der Waals surface area contributed by atoms with E-state index in [1.807, 2.05) is 0 Å². The third-order valence-corrected chi connectivity index (χ3v) is 3.18. The number of nitrogens with two attached hydrogens (primary N) is 1. The van der Waals surface area contributed by atoms with Crippen molar-refractivity contribution < 1.29 is 0 Å². The van der Waals surface area contributed by atoms with Gasteiger partial charge in [-0.1, -0.05) is 11.6 Å². The molecule has 0 bridgehead atoms. The Morgan fingerprint density at radius 2 is 2.00 bits per heavy atom. The number of hydrogen-bond acceptors (Lipinski definition) is 1. The minimum atomic E-state index is 0.795. The molecule has 0 amide bonds. The zero-order chi connectivity index (χ0) is 11.5. The molecule has 2 rings (SSSR count). The van der Waals surface area contributed by atoms with Crippen LogP contribution in [0.1, 0.15) is 24.1 Å². The highest BCUT2D eigenvalue weighted by Gasteiger charge is 2.05. The molecule has 2 heteroatoms. The van der Waals surface area contributed by atoms with E-state index in [0.717, 1.165) is 19.4 Å². The molecule has 0 aliphatic carbocycles. The van der Waals surface area contributed by atoms with E-state index in [2.05, 4.69) is 42.8 Å². The van der Waals surface area contributed by atoms with Gasteiger partial charge in [-0.2, -0.15) is 0 Å². The van der Waals surface area contributed by atoms with Gasteiger partial charge >= 0.3 is 0 Å². The maximum atomic E-state index is 5.52. The van der Waals surface area contributed by atoms with Gasteiger partial charge in [0.1, 0.15) is 0 Å². The first-order valence-corrected chi connectivity index (χ1v) is 5.97. The van der Waals surface area contributed by atoms with Gasteiger partial charge in [0, 0.05) is 23.6 Å². The summed E-state index contributed by atoms with van der Waals surface area (Å²) in [5.41, 5.74) is 9.58. The van der Waals surface area contributed by atoms with E-state index in [1.54, 1.807) is 0 Å². The number of aromatic nitrogens is 1. The van der Waals surface area contributed by atoms with Gasteiger partial charge < -0.3 is 10.3 Å². The highest BCUT2D eigenvalue weighted by molar-refractivity contribution is 5.82. The molecule has 2 aromatic rings. The predicted octanol–water partition coefficient (Wildman–Crippen LogP) is 2.77. The minimum absolute atomic E-state index is 0.795. The summed E-state index contributed by atoms with van der Waals surface area (Å²) in [6, 6.07) is 8.93. The average Bonchev–Trinajstić information content (AvgIpc) is 2.56. The summed E-state index contributed by atoms with van der Waals surface area (Å²) in [5.74, 6) is 0. The van der Waals surface area contributed by atoms with Crippen LogP contribution in [-0.2, 0) is 13.5 Å². The lowest BCUT2D eigenvalue weighted by Gasteiger charge is -2.03. The lowest BCUT2D eigenvalue weighted by Crippen LogP contribution is -2.01. The molecule has 0 radical (unpaired) electrons. The summed E-state index contributed by atoms with van der Waals surface area (Å²) in [6.07, 6.45) is 3.42. The summed E-state index contributed by atoms with van der Waals surface area (Å²) in [4.78, 5) is 0. The zero-order valence-electron chi connectivity index (χ0n) is 10.2. The summed E-state index contributed by atoms with van der Waals surface area (Å²) >= 11 is 0. The van der Waals surface area contributed by atoms with Gasteiger partial charge in [0.05, 0.1) is 0 Å². The molecule has 0 saturated carbocycles. The molecule has 86 valence electrons. The van der Waals surface area contributed by atoms with Crippen LogP contribution in [0.3, 0.4) is 0 Å². The molecule has 2 N–H and O–H groups in total. The fraction of sp³-hybridized carbons (Fsp3) is 0.429. The number of aryl methyl sites for hydroxylation is 3. The van der Waals surface area contributed by atoms with E-state index in [1.165, 1.54) is 28.6 Å². The van der Waals surface area contributed by atoms with Crippen molar-refractivity contribution in [2.75, 3.05) is 6.54 Å². The standard InChI is InChI=1S/C14H20N2/c1-11-6-7-14-12(9-11)10-13(16(14)2)5-3-4-8-15/h6-7,9-10H,3-5,8,15H2,1-2H3. The number of hydrogen-bond donors (Lipinski definition) is 1. The molecule has 0 unspecified atom stereocenters. The van der Waals surface area contributed by atoms with Crippen LogP contribution < -0.4 is 5.73 Å². The highest BCUT2D eigenvalue weighted by Crippen LogP contribution is 2.21. The van der Waals surface area contributed by atoms with Gasteiger partial charge in [0.2, 0.25) is 0 Å². The maximum Gasteiger partial charge on any atom is 0.0480 e. The maximum absolute atomic E-state index is 5.52. The molecule has 1 heterocycles. The third-order valence-electron chi connectivity index (χ3n) is 3.18. The van der Waals surface area contributed by atoms with Crippen molar-refractivity contribution in [3.8, 4) is 0 Å². The Kier molecular flexibility index (Phi) is 3.30. The lowest BCUT2D eigenvalue weighted by atomic mass is 10.1. The van der Waals surface area contributed by atoms with Crippen molar-refractivity contribution in [1.82, 2.24) is 4.57 Å². The highest BCUT2D eigenvalue weighted by atomic mass is 14.9. The Labute approximate surface area is 97.1 Å². The summed E-state index contributed by atoms with van der Waals surface area (Å²) in [6.45, 7) is 2.93. The lowest BCUT2D eigenvalue weighted by molar-refractivity contribution is 0.711. The Morgan fingerprint density at radius 3 is 2.75 bits per heavy atom. The molecule has 2 nitrogen and oxygen atoms in total. The van der Waals surface area contributed by atoms with Crippen LogP contribution in [0.25, 0.3) is 10.9 Å². The van der Waals surface area contributed by atoms with Crippen molar-refractivity contribution in [3.05, 3.63) is 35.5 Å². The number of fused-ring (bicyclic) bond motifs is 1. The van der Waals surface area contributed by atoms with Crippen molar-refractivity contribution in [1.29, 1.82) is 0 Å². The fourth-order valence-electron chi connectivity index (χ4n) is 2.22. The van der Waals surface area contributed by atoms with Gasteiger partial charge in [0.25, 0.3) is 0 Å². The topological polar surface area (TPSA) is 30.9 Å².